The van der Waals surface area contributed by atoms with E-state index in [9.17, 15) is 8.78 Å². The maximum Gasteiger partial charge on any atom is 0.151 e. The summed E-state index contributed by atoms with van der Waals surface area (Å²) >= 11 is 0. The molecule has 5 heteroatoms. The summed E-state index contributed by atoms with van der Waals surface area (Å²) in [6.45, 7) is 0. The zero-order chi connectivity index (χ0) is 14.0. The molecule has 0 atom stereocenters. The standard InChI is InChI=1S/C14H15F2N3/c1-19(2)13-6-4-3-5-12(13)18-14-10(15)7-9(17)8-11(14)16/h3-8,18H,17H2,1-2H3. The highest BCUT2D eigenvalue weighted by atomic mass is 19.1. The third-order valence-corrected chi connectivity index (χ3v) is 2.71. The Hall–Kier alpha value is -2.30. The molecule has 100 valence electrons. The minimum atomic E-state index is -0.717. The molecule has 0 spiro atoms. The normalized spacial score (nSPS) is 10.3. The van der Waals surface area contributed by atoms with Crippen molar-refractivity contribution in [3.63, 3.8) is 0 Å². The molecule has 2 aromatic rings. The van der Waals surface area contributed by atoms with E-state index < -0.39 is 11.6 Å². The van der Waals surface area contributed by atoms with Crippen molar-refractivity contribution < 1.29 is 8.78 Å². The Kier molecular flexibility index (Phi) is 3.55. The van der Waals surface area contributed by atoms with E-state index in [1.165, 1.54) is 0 Å². The Bertz CT molecular complexity index is 574. The number of para-hydroxylation sites is 2. The Morgan fingerprint density at radius 2 is 1.63 bits per heavy atom. The van der Waals surface area contributed by atoms with Crippen LogP contribution in [0, 0.1) is 11.6 Å². The lowest BCUT2D eigenvalue weighted by molar-refractivity contribution is 0.592. The van der Waals surface area contributed by atoms with Gasteiger partial charge in [0.25, 0.3) is 0 Å². The van der Waals surface area contributed by atoms with Gasteiger partial charge in [0.2, 0.25) is 0 Å². The van der Waals surface area contributed by atoms with Crippen molar-refractivity contribution >= 4 is 22.7 Å². The molecular formula is C14H15F2N3. The van der Waals surface area contributed by atoms with Gasteiger partial charge in [0.05, 0.1) is 11.4 Å². The number of rotatable bonds is 3. The molecule has 0 heterocycles. The Morgan fingerprint density at radius 1 is 1.05 bits per heavy atom. The van der Waals surface area contributed by atoms with Crippen molar-refractivity contribution in [1.82, 2.24) is 0 Å². The second-order valence-electron chi connectivity index (χ2n) is 4.40. The molecule has 0 saturated carbocycles. The predicted octanol–water partition coefficient (Wildman–Crippen LogP) is 3.36. The largest absolute Gasteiger partial charge is 0.399 e. The number of nitrogens with zero attached hydrogens (tertiary/aromatic N) is 1. The number of halogens is 2. The monoisotopic (exact) mass is 263 g/mol. The average molecular weight is 263 g/mol. The first-order valence-electron chi connectivity index (χ1n) is 5.77. The van der Waals surface area contributed by atoms with Crippen LogP contribution >= 0.6 is 0 Å². The van der Waals surface area contributed by atoms with Crippen molar-refractivity contribution in [2.45, 2.75) is 0 Å². The summed E-state index contributed by atoms with van der Waals surface area (Å²) in [7, 11) is 3.71. The SMILES string of the molecule is CN(C)c1ccccc1Nc1c(F)cc(N)cc1F. The summed E-state index contributed by atoms with van der Waals surface area (Å²) in [5.41, 5.74) is 6.69. The van der Waals surface area contributed by atoms with Crippen LogP contribution in [0.5, 0.6) is 0 Å². The van der Waals surface area contributed by atoms with Gasteiger partial charge in [-0.2, -0.15) is 0 Å². The Labute approximate surface area is 110 Å². The highest BCUT2D eigenvalue weighted by Gasteiger charge is 2.12. The predicted molar refractivity (Wildman–Crippen MR) is 74.8 cm³/mol. The Morgan fingerprint density at radius 3 is 2.21 bits per heavy atom. The summed E-state index contributed by atoms with van der Waals surface area (Å²) in [5.74, 6) is -1.43. The molecule has 0 unspecified atom stereocenters. The first-order valence-corrected chi connectivity index (χ1v) is 5.77. The van der Waals surface area contributed by atoms with Crippen LogP contribution in [0.3, 0.4) is 0 Å². The first kappa shape index (κ1) is 13.1. The minimum absolute atomic E-state index is 0.0569. The molecule has 0 aliphatic heterocycles. The van der Waals surface area contributed by atoms with Gasteiger partial charge in [-0.15, -0.1) is 0 Å². The van der Waals surface area contributed by atoms with Gasteiger partial charge in [-0.1, -0.05) is 12.1 Å². The molecule has 3 N–H and O–H groups in total. The molecule has 2 aromatic carbocycles. The minimum Gasteiger partial charge on any atom is -0.399 e. The Balaban J connectivity index is 2.42. The second-order valence-corrected chi connectivity index (χ2v) is 4.40. The van der Waals surface area contributed by atoms with Crippen LogP contribution in [0.25, 0.3) is 0 Å². The van der Waals surface area contributed by atoms with Crippen LogP contribution < -0.4 is 16.0 Å². The van der Waals surface area contributed by atoms with Crippen molar-refractivity contribution in [2.75, 3.05) is 30.0 Å². The molecule has 3 nitrogen and oxygen atoms in total. The van der Waals surface area contributed by atoms with Crippen molar-refractivity contribution in [2.24, 2.45) is 0 Å². The summed E-state index contributed by atoms with van der Waals surface area (Å²) in [5, 5.41) is 2.77. The fourth-order valence-corrected chi connectivity index (χ4v) is 1.82. The zero-order valence-corrected chi connectivity index (χ0v) is 10.7. The van der Waals surface area contributed by atoms with Gasteiger partial charge in [0, 0.05) is 19.8 Å². The second kappa shape index (κ2) is 5.14. The van der Waals surface area contributed by atoms with Gasteiger partial charge in [0.15, 0.2) is 11.6 Å². The van der Waals surface area contributed by atoms with E-state index in [0.29, 0.717) is 5.69 Å². The molecule has 0 aromatic heterocycles. The van der Waals surface area contributed by atoms with Gasteiger partial charge >= 0.3 is 0 Å². The lowest BCUT2D eigenvalue weighted by atomic mass is 10.2. The van der Waals surface area contributed by atoms with Crippen LogP contribution in [0.15, 0.2) is 36.4 Å². The summed E-state index contributed by atoms with van der Waals surface area (Å²) in [6, 6.07) is 9.44. The van der Waals surface area contributed by atoms with Crippen LogP contribution in [-0.4, -0.2) is 14.1 Å². The van der Waals surface area contributed by atoms with E-state index in [4.69, 9.17) is 5.73 Å². The van der Waals surface area contributed by atoms with Gasteiger partial charge in [0.1, 0.15) is 5.69 Å². The maximum absolute atomic E-state index is 13.7. The zero-order valence-electron chi connectivity index (χ0n) is 10.7. The van der Waals surface area contributed by atoms with Gasteiger partial charge in [-0.25, -0.2) is 8.78 Å². The quantitative estimate of drug-likeness (QED) is 0.834. The first-order chi connectivity index (χ1) is 8.99. The molecule has 0 bridgehead atoms. The third-order valence-electron chi connectivity index (χ3n) is 2.71. The number of benzene rings is 2. The van der Waals surface area contributed by atoms with Gasteiger partial charge < -0.3 is 16.0 Å². The molecule has 0 radical (unpaired) electrons. The van der Waals surface area contributed by atoms with E-state index in [0.717, 1.165) is 17.8 Å². The molecular weight excluding hydrogens is 248 g/mol. The highest BCUT2D eigenvalue weighted by Crippen LogP contribution is 2.30. The highest BCUT2D eigenvalue weighted by molar-refractivity contribution is 5.75. The van der Waals surface area contributed by atoms with E-state index in [1.54, 1.807) is 12.1 Å². The molecule has 2 rings (SSSR count). The van der Waals surface area contributed by atoms with Crippen LogP contribution in [0.1, 0.15) is 0 Å². The van der Waals surface area contributed by atoms with Crippen molar-refractivity contribution in [3.05, 3.63) is 48.0 Å². The van der Waals surface area contributed by atoms with E-state index >= 15 is 0 Å². The van der Waals surface area contributed by atoms with Crippen molar-refractivity contribution in [3.8, 4) is 0 Å². The molecule has 19 heavy (non-hydrogen) atoms. The summed E-state index contributed by atoms with van der Waals surface area (Å²) in [6.07, 6.45) is 0. The molecule has 0 aliphatic rings. The van der Waals surface area contributed by atoms with Crippen LogP contribution in [-0.2, 0) is 0 Å². The van der Waals surface area contributed by atoms with E-state index in [2.05, 4.69) is 5.32 Å². The topological polar surface area (TPSA) is 41.3 Å². The van der Waals surface area contributed by atoms with Crippen LogP contribution in [0.4, 0.5) is 31.5 Å². The fourth-order valence-electron chi connectivity index (χ4n) is 1.82. The molecule has 0 amide bonds. The molecule has 0 fully saturated rings. The number of anilines is 4. The number of nitrogens with one attached hydrogen (secondary N) is 1. The van der Waals surface area contributed by atoms with Gasteiger partial charge in [-0.3, -0.25) is 0 Å². The fraction of sp³-hybridized carbons (Fsp3) is 0.143. The lowest BCUT2D eigenvalue weighted by Gasteiger charge is -2.19. The number of hydrogen-bond acceptors (Lipinski definition) is 3. The number of nitrogen functional groups attached to an aromatic ring is 1. The average Bonchev–Trinajstić information content (AvgIpc) is 2.34. The molecule has 0 saturated heterocycles. The summed E-state index contributed by atoms with van der Waals surface area (Å²) in [4.78, 5) is 1.86. The smallest absolute Gasteiger partial charge is 0.151 e. The molecule has 0 aliphatic carbocycles. The maximum atomic E-state index is 13.7. The van der Waals surface area contributed by atoms with Crippen LogP contribution in [0.2, 0.25) is 0 Å². The number of nitrogens with two attached hydrogens (primary N) is 1. The lowest BCUT2D eigenvalue weighted by Crippen LogP contribution is -2.11. The van der Waals surface area contributed by atoms with E-state index in [1.807, 2.05) is 31.1 Å². The third kappa shape index (κ3) is 2.76. The van der Waals surface area contributed by atoms with Crippen molar-refractivity contribution in [1.29, 1.82) is 0 Å². The summed E-state index contributed by atoms with van der Waals surface area (Å²) < 4.78 is 27.5. The van der Waals surface area contributed by atoms with E-state index in [-0.39, 0.29) is 11.4 Å². The van der Waals surface area contributed by atoms with Gasteiger partial charge in [-0.05, 0) is 24.3 Å². The number of hydrogen-bond donors (Lipinski definition) is 2.